The first kappa shape index (κ1) is 16.1. The van der Waals surface area contributed by atoms with Crippen LogP contribution in [-0.4, -0.2) is 0 Å². The Morgan fingerprint density at radius 3 is 1.58 bits per heavy atom. The van der Waals surface area contributed by atoms with Crippen LogP contribution < -0.4 is 4.90 Å². The molecule has 0 fully saturated rings. The van der Waals surface area contributed by atoms with Gasteiger partial charge in [0.1, 0.15) is 23.1 Å². The first-order chi connectivity index (χ1) is 11.5. The van der Waals surface area contributed by atoms with Crippen molar-refractivity contribution in [1.29, 1.82) is 0 Å². The zero-order valence-electron chi connectivity index (χ0n) is 13.4. The Hall–Kier alpha value is -2.75. The highest BCUT2D eigenvalue weighted by molar-refractivity contribution is 5.77. The van der Waals surface area contributed by atoms with Crippen LogP contribution in [0.1, 0.15) is 11.1 Å². The molecular weight excluding hydrogens is 311 g/mol. The van der Waals surface area contributed by atoms with Gasteiger partial charge >= 0.3 is 0 Å². The quantitative estimate of drug-likeness (QED) is 0.554. The van der Waals surface area contributed by atoms with Gasteiger partial charge in [-0.2, -0.15) is 0 Å². The summed E-state index contributed by atoms with van der Waals surface area (Å²) in [6, 6.07) is 15.3. The largest absolute Gasteiger partial charge is 0.305 e. The van der Waals surface area contributed by atoms with Gasteiger partial charge < -0.3 is 4.90 Å². The van der Waals surface area contributed by atoms with Crippen molar-refractivity contribution in [3.63, 3.8) is 0 Å². The number of anilines is 3. The minimum absolute atomic E-state index is 0.184. The van der Waals surface area contributed by atoms with E-state index in [0.29, 0.717) is 16.9 Å². The van der Waals surface area contributed by atoms with Crippen LogP contribution in [0.4, 0.5) is 30.2 Å². The van der Waals surface area contributed by atoms with Gasteiger partial charge in [0.05, 0.1) is 0 Å². The van der Waals surface area contributed by atoms with Crippen molar-refractivity contribution in [2.75, 3.05) is 4.90 Å². The molecule has 3 aromatic carbocycles. The van der Waals surface area contributed by atoms with E-state index in [1.165, 1.54) is 41.3 Å². The lowest BCUT2D eigenvalue weighted by Crippen LogP contribution is -2.14. The fraction of sp³-hybridized carbons (Fsp3) is 0.100. The predicted octanol–water partition coefficient (Wildman–Crippen LogP) is 6.19. The van der Waals surface area contributed by atoms with E-state index in [-0.39, 0.29) is 5.69 Å². The van der Waals surface area contributed by atoms with E-state index < -0.39 is 17.5 Å². The predicted molar refractivity (Wildman–Crippen MR) is 90.5 cm³/mol. The van der Waals surface area contributed by atoms with E-state index in [0.717, 1.165) is 5.56 Å². The van der Waals surface area contributed by atoms with E-state index in [4.69, 9.17) is 0 Å². The maximum Gasteiger partial charge on any atom is 0.150 e. The van der Waals surface area contributed by atoms with Gasteiger partial charge in [-0.25, -0.2) is 13.2 Å². The molecule has 0 aliphatic rings. The summed E-state index contributed by atoms with van der Waals surface area (Å²) in [4.78, 5) is 1.45. The maximum atomic E-state index is 14.5. The fourth-order valence-corrected chi connectivity index (χ4v) is 2.60. The second-order valence-electron chi connectivity index (χ2n) is 5.72. The van der Waals surface area contributed by atoms with Crippen LogP contribution in [0.5, 0.6) is 0 Å². The number of nitrogens with zero attached hydrogens (tertiary/aromatic N) is 1. The van der Waals surface area contributed by atoms with Crippen molar-refractivity contribution >= 4 is 17.1 Å². The molecule has 0 heterocycles. The van der Waals surface area contributed by atoms with Gasteiger partial charge in [0.2, 0.25) is 0 Å². The Labute approximate surface area is 139 Å². The molecule has 0 radical (unpaired) electrons. The molecular formula is C20H16F3N. The number of hydrogen-bond acceptors (Lipinski definition) is 1. The summed E-state index contributed by atoms with van der Waals surface area (Å²) < 4.78 is 42.3. The van der Waals surface area contributed by atoms with E-state index in [9.17, 15) is 13.2 Å². The topological polar surface area (TPSA) is 3.24 Å². The highest BCUT2D eigenvalue weighted by Crippen LogP contribution is 2.38. The third-order valence-corrected chi connectivity index (χ3v) is 3.76. The van der Waals surface area contributed by atoms with Crippen molar-refractivity contribution < 1.29 is 13.2 Å². The lowest BCUT2D eigenvalue weighted by Gasteiger charge is -2.26. The second-order valence-corrected chi connectivity index (χ2v) is 5.72. The molecule has 0 saturated heterocycles. The van der Waals surface area contributed by atoms with Gasteiger partial charge in [-0.3, -0.25) is 0 Å². The highest BCUT2D eigenvalue weighted by atomic mass is 19.1. The molecule has 0 spiro atoms. The SMILES string of the molecule is Cc1ccc(N(c2ccc(F)cc2)c2c(F)cc(C)cc2F)cc1. The molecule has 0 unspecified atom stereocenters. The summed E-state index contributed by atoms with van der Waals surface area (Å²) >= 11 is 0. The first-order valence-corrected chi connectivity index (χ1v) is 7.54. The van der Waals surface area contributed by atoms with Crippen LogP contribution >= 0.6 is 0 Å². The Balaban J connectivity index is 2.22. The lowest BCUT2D eigenvalue weighted by molar-refractivity contribution is 0.584. The normalized spacial score (nSPS) is 10.7. The molecule has 0 aliphatic heterocycles. The maximum absolute atomic E-state index is 14.5. The van der Waals surface area contributed by atoms with Crippen LogP contribution in [0.2, 0.25) is 0 Å². The number of hydrogen-bond donors (Lipinski definition) is 0. The molecule has 0 bridgehead atoms. The van der Waals surface area contributed by atoms with E-state index in [1.54, 1.807) is 19.1 Å². The van der Waals surface area contributed by atoms with Gasteiger partial charge in [-0.15, -0.1) is 0 Å². The lowest BCUT2D eigenvalue weighted by atomic mass is 10.1. The van der Waals surface area contributed by atoms with Gasteiger partial charge in [0.15, 0.2) is 0 Å². The van der Waals surface area contributed by atoms with Crippen LogP contribution in [0.15, 0.2) is 60.7 Å². The molecule has 1 nitrogen and oxygen atoms in total. The molecule has 0 aromatic heterocycles. The zero-order valence-corrected chi connectivity index (χ0v) is 13.4. The van der Waals surface area contributed by atoms with Gasteiger partial charge in [0, 0.05) is 11.4 Å². The van der Waals surface area contributed by atoms with Crippen molar-refractivity contribution in [2.45, 2.75) is 13.8 Å². The minimum atomic E-state index is -0.669. The van der Waals surface area contributed by atoms with Crippen molar-refractivity contribution in [3.05, 3.63) is 89.2 Å². The summed E-state index contributed by atoms with van der Waals surface area (Å²) in [6.45, 7) is 3.56. The number of aryl methyl sites for hydroxylation is 2. The number of benzene rings is 3. The molecule has 3 aromatic rings. The zero-order chi connectivity index (χ0) is 17.3. The van der Waals surface area contributed by atoms with Crippen LogP contribution in [0.3, 0.4) is 0 Å². The Bertz CT molecular complexity index is 787. The molecule has 3 rings (SSSR count). The summed E-state index contributed by atoms with van der Waals surface area (Å²) in [5.74, 6) is -1.75. The number of halogens is 3. The standard InChI is InChI=1S/C20H16F3N/c1-13-3-7-16(8-4-13)24(17-9-5-15(21)6-10-17)20-18(22)11-14(2)12-19(20)23/h3-12H,1-2H3. The average Bonchev–Trinajstić information content (AvgIpc) is 2.53. The van der Waals surface area contributed by atoms with Gasteiger partial charge in [-0.05, 0) is 67.9 Å². The van der Waals surface area contributed by atoms with Crippen LogP contribution in [0, 0.1) is 31.3 Å². The number of rotatable bonds is 3. The third-order valence-electron chi connectivity index (χ3n) is 3.76. The molecule has 0 aliphatic carbocycles. The summed E-state index contributed by atoms with van der Waals surface area (Å²) in [5, 5.41) is 0. The minimum Gasteiger partial charge on any atom is -0.305 e. The second kappa shape index (κ2) is 6.40. The van der Waals surface area contributed by atoms with Gasteiger partial charge in [0.25, 0.3) is 0 Å². The summed E-state index contributed by atoms with van der Waals surface area (Å²) in [5.41, 5.74) is 2.41. The Morgan fingerprint density at radius 2 is 1.08 bits per heavy atom. The van der Waals surface area contributed by atoms with Crippen molar-refractivity contribution in [2.24, 2.45) is 0 Å². The molecule has 24 heavy (non-hydrogen) atoms. The molecule has 0 N–H and O–H groups in total. The van der Waals surface area contributed by atoms with E-state index in [2.05, 4.69) is 0 Å². The third kappa shape index (κ3) is 3.13. The molecule has 0 atom stereocenters. The molecule has 4 heteroatoms. The Morgan fingerprint density at radius 1 is 0.625 bits per heavy atom. The van der Waals surface area contributed by atoms with Gasteiger partial charge in [-0.1, -0.05) is 17.7 Å². The van der Waals surface area contributed by atoms with Crippen molar-refractivity contribution in [3.8, 4) is 0 Å². The molecule has 122 valence electrons. The van der Waals surface area contributed by atoms with E-state index >= 15 is 0 Å². The van der Waals surface area contributed by atoms with Crippen LogP contribution in [-0.2, 0) is 0 Å². The Kier molecular flexibility index (Phi) is 4.30. The average molecular weight is 327 g/mol. The first-order valence-electron chi connectivity index (χ1n) is 7.54. The highest BCUT2D eigenvalue weighted by Gasteiger charge is 2.21. The van der Waals surface area contributed by atoms with Crippen molar-refractivity contribution in [1.82, 2.24) is 0 Å². The van der Waals surface area contributed by atoms with E-state index in [1.807, 2.05) is 19.1 Å². The van der Waals surface area contributed by atoms with Crippen LogP contribution in [0.25, 0.3) is 0 Å². The summed E-state index contributed by atoms with van der Waals surface area (Å²) in [6.07, 6.45) is 0. The monoisotopic (exact) mass is 327 g/mol. The molecule has 0 amide bonds. The summed E-state index contributed by atoms with van der Waals surface area (Å²) in [7, 11) is 0. The molecule has 0 saturated carbocycles. The fourth-order valence-electron chi connectivity index (χ4n) is 2.60. The smallest absolute Gasteiger partial charge is 0.150 e.